The fraction of sp³-hybridized carbons (Fsp3) is 0. The second-order valence-corrected chi connectivity index (χ2v) is 15.9. The molecule has 0 N–H and O–H groups in total. The van der Waals surface area contributed by atoms with Crippen molar-refractivity contribution in [1.29, 1.82) is 0 Å². The summed E-state index contributed by atoms with van der Waals surface area (Å²) in [5, 5.41) is 16.5. The van der Waals surface area contributed by atoms with E-state index in [1.807, 2.05) is 42.5 Å². The van der Waals surface area contributed by atoms with E-state index in [4.69, 9.17) is 14.6 Å². The maximum Gasteiger partial charge on any atom is 0.168 e. The van der Waals surface area contributed by atoms with Gasteiger partial charge in [-0.2, -0.15) is 0 Å². The Morgan fingerprint density at radius 3 is 1.47 bits per heavy atom. The molecule has 6 heteroatoms. The first-order chi connectivity index (χ1) is 30.8. The lowest BCUT2D eigenvalue weighted by molar-refractivity contribution is 0.671. The molecule has 0 spiro atoms. The van der Waals surface area contributed by atoms with Crippen LogP contribution in [0.25, 0.3) is 117 Å². The van der Waals surface area contributed by atoms with Crippen LogP contribution in [0.15, 0.2) is 217 Å². The van der Waals surface area contributed by atoms with Crippen LogP contribution in [-0.2, 0) is 0 Å². The predicted molar refractivity (Wildman–Crippen MR) is 254 cm³/mol. The highest BCUT2D eigenvalue weighted by atomic mass is 16.3. The van der Waals surface area contributed by atoms with Crippen molar-refractivity contribution < 1.29 is 4.42 Å². The van der Waals surface area contributed by atoms with Gasteiger partial charge in [-0.1, -0.05) is 152 Å². The van der Waals surface area contributed by atoms with Crippen LogP contribution in [0.5, 0.6) is 0 Å². The quantitative estimate of drug-likeness (QED) is 0.168. The Labute approximate surface area is 355 Å². The first kappa shape index (κ1) is 34.4. The minimum atomic E-state index is 0.789. The van der Waals surface area contributed by atoms with Crippen LogP contribution in [0.3, 0.4) is 0 Å². The average molecular weight is 794 g/mol. The maximum atomic E-state index is 6.66. The summed E-state index contributed by atoms with van der Waals surface area (Å²) in [7, 11) is 0. The Morgan fingerprint density at radius 1 is 0.306 bits per heavy atom. The number of benzene rings is 9. The van der Waals surface area contributed by atoms with E-state index in [-0.39, 0.29) is 0 Å². The van der Waals surface area contributed by atoms with Crippen molar-refractivity contribution in [1.82, 2.24) is 23.9 Å². The predicted octanol–water partition coefficient (Wildman–Crippen LogP) is 14.4. The number of fused-ring (bicyclic) bond motifs is 10. The van der Waals surface area contributed by atoms with Gasteiger partial charge in [-0.25, -0.2) is 0 Å². The van der Waals surface area contributed by atoms with Crippen LogP contribution < -0.4 is 0 Å². The summed E-state index contributed by atoms with van der Waals surface area (Å²) >= 11 is 0. The first-order valence-corrected chi connectivity index (χ1v) is 20.9. The van der Waals surface area contributed by atoms with Gasteiger partial charge < -0.3 is 13.6 Å². The molecule has 290 valence electrons. The Hall–Kier alpha value is -8.48. The van der Waals surface area contributed by atoms with Crippen molar-refractivity contribution in [3.05, 3.63) is 212 Å². The molecule has 0 unspecified atom stereocenters. The molecule has 0 fully saturated rings. The molecule has 4 aromatic heterocycles. The van der Waals surface area contributed by atoms with E-state index < -0.39 is 0 Å². The molecular weight excluding hydrogens is 759 g/mol. The van der Waals surface area contributed by atoms with Gasteiger partial charge in [-0.05, 0) is 71.8 Å². The number of nitrogens with zero attached hydrogens (tertiary/aromatic N) is 5. The van der Waals surface area contributed by atoms with Gasteiger partial charge in [0.25, 0.3) is 0 Å². The van der Waals surface area contributed by atoms with Gasteiger partial charge in [0.2, 0.25) is 0 Å². The molecule has 0 atom stereocenters. The standard InChI is InChI=1S/C56H35N5O/c1-3-15-36(16-4-1)55-57-58-56(37-17-5-2-6-18-37)61(55)42-29-30-45-43-23-7-10-26-49(43)59(51(45)35-42)40-21-13-19-38(33-40)39-20-14-22-41(34-39)60-50-27-11-8-24-44(50)47-31-32-48-46-25-9-12-28-52(46)62-54(48)53(47)60/h1-35H. The molecule has 0 bridgehead atoms. The van der Waals surface area contributed by atoms with Crippen LogP contribution >= 0.6 is 0 Å². The molecule has 0 saturated heterocycles. The second kappa shape index (κ2) is 13.5. The lowest BCUT2D eigenvalue weighted by atomic mass is 10.0. The van der Waals surface area contributed by atoms with Gasteiger partial charge in [-0.15, -0.1) is 10.2 Å². The van der Waals surface area contributed by atoms with Gasteiger partial charge in [0, 0.05) is 54.8 Å². The summed E-state index contributed by atoms with van der Waals surface area (Å²) < 4.78 is 13.6. The number of rotatable bonds is 6. The summed E-state index contributed by atoms with van der Waals surface area (Å²) in [4.78, 5) is 0. The number of hydrogen-bond acceptors (Lipinski definition) is 3. The highest BCUT2D eigenvalue weighted by Crippen LogP contribution is 2.41. The van der Waals surface area contributed by atoms with E-state index in [1.54, 1.807) is 0 Å². The molecule has 13 rings (SSSR count). The largest absolute Gasteiger partial charge is 0.454 e. The molecule has 0 saturated carbocycles. The van der Waals surface area contributed by atoms with E-state index >= 15 is 0 Å². The third kappa shape index (κ3) is 5.17. The van der Waals surface area contributed by atoms with Crippen molar-refractivity contribution in [3.8, 4) is 51.0 Å². The van der Waals surface area contributed by atoms with E-state index in [2.05, 4.69) is 184 Å². The number of para-hydroxylation sites is 3. The Morgan fingerprint density at radius 2 is 0.790 bits per heavy atom. The molecule has 0 aliphatic carbocycles. The van der Waals surface area contributed by atoms with E-state index in [0.29, 0.717) is 0 Å². The Bertz CT molecular complexity index is 3810. The molecule has 0 radical (unpaired) electrons. The summed E-state index contributed by atoms with van der Waals surface area (Å²) in [5.41, 5.74) is 13.6. The highest BCUT2D eigenvalue weighted by molar-refractivity contribution is 6.21. The Kier molecular flexibility index (Phi) is 7.50. The molecule has 0 aliphatic heterocycles. The van der Waals surface area contributed by atoms with Crippen LogP contribution in [0.4, 0.5) is 0 Å². The van der Waals surface area contributed by atoms with Crippen LogP contribution in [-0.4, -0.2) is 23.9 Å². The zero-order valence-corrected chi connectivity index (χ0v) is 33.4. The van der Waals surface area contributed by atoms with Crippen molar-refractivity contribution >= 4 is 65.6 Å². The third-order valence-corrected chi connectivity index (χ3v) is 12.4. The Balaban J connectivity index is 0.989. The lowest BCUT2D eigenvalue weighted by Gasteiger charge is -2.14. The van der Waals surface area contributed by atoms with Crippen molar-refractivity contribution in [2.24, 2.45) is 0 Å². The lowest BCUT2D eigenvalue weighted by Crippen LogP contribution is -2.01. The summed E-state index contributed by atoms with van der Waals surface area (Å²) in [6, 6.07) is 75.2. The van der Waals surface area contributed by atoms with E-state index in [0.717, 1.165) is 95.0 Å². The van der Waals surface area contributed by atoms with E-state index in [1.165, 1.54) is 21.5 Å². The minimum Gasteiger partial charge on any atom is -0.454 e. The molecule has 62 heavy (non-hydrogen) atoms. The first-order valence-electron chi connectivity index (χ1n) is 20.9. The monoisotopic (exact) mass is 793 g/mol. The smallest absolute Gasteiger partial charge is 0.168 e. The molecule has 6 nitrogen and oxygen atoms in total. The molecule has 4 heterocycles. The number of furan rings is 1. The van der Waals surface area contributed by atoms with Crippen molar-refractivity contribution in [3.63, 3.8) is 0 Å². The van der Waals surface area contributed by atoms with Gasteiger partial charge in [0.1, 0.15) is 5.58 Å². The molecular formula is C56H35N5O. The normalized spacial score (nSPS) is 11.9. The summed E-state index contributed by atoms with van der Waals surface area (Å²) in [6.45, 7) is 0. The topological polar surface area (TPSA) is 53.7 Å². The van der Waals surface area contributed by atoms with Crippen LogP contribution in [0.1, 0.15) is 0 Å². The average Bonchev–Trinajstić information content (AvgIpc) is 4.12. The molecule has 9 aromatic carbocycles. The molecule has 13 aromatic rings. The fourth-order valence-corrected chi connectivity index (χ4v) is 9.60. The SMILES string of the molecule is c1ccc(-c2nnc(-c3ccccc3)n2-c2ccc3c4ccccc4n(-c4cccc(-c5cccc(-n6c7ccccc7c7ccc8c9ccccc9oc8c76)c5)c4)c3c2)cc1. The van der Waals surface area contributed by atoms with Crippen molar-refractivity contribution in [2.75, 3.05) is 0 Å². The van der Waals surface area contributed by atoms with Crippen LogP contribution in [0.2, 0.25) is 0 Å². The minimum absolute atomic E-state index is 0.789. The highest BCUT2D eigenvalue weighted by Gasteiger charge is 2.22. The van der Waals surface area contributed by atoms with E-state index in [9.17, 15) is 0 Å². The number of hydrogen-bond donors (Lipinski definition) is 0. The van der Waals surface area contributed by atoms with Crippen molar-refractivity contribution in [2.45, 2.75) is 0 Å². The fourth-order valence-electron chi connectivity index (χ4n) is 9.60. The van der Waals surface area contributed by atoms with Gasteiger partial charge >= 0.3 is 0 Å². The van der Waals surface area contributed by atoms with Gasteiger partial charge in [-0.3, -0.25) is 4.57 Å². The third-order valence-electron chi connectivity index (χ3n) is 12.4. The zero-order valence-electron chi connectivity index (χ0n) is 33.4. The van der Waals surface area contributed by atoms with Crippen LogP contribution in [0, 0.1) is 0 Å². The zero-order chi connectivity index (χ0) is 40.7. The summed E-state index contributed by atoms with van der Waals surface area (Å²) in [5.74, 6) is 1.58. The second-order valence-electron chi connectivity index (χ2n) is 15.9. The van der Waals surface area contributed by atoms with Gasteiger partial charge in [0.05, 0.1) is 27.8 Å². The van der Waals surface area contributed by atoms with Gasteiger partial charge in [0.15, 0.2) is 17.2 Å². The number of aromatic nitrogens is 5. The molecule has 0 amide bonds. The summed E-state index contributed by atoms with van der Waals surface area (Å²) in [6.07, 6.45) is 0. The molecule has 0 aliphatic rings. The maximum absolute atomic E-state index is 6.66.